The van der Waals surface area contributed by atoms with Gasteiger partial charge in [-0.1, -0.05) is 17.7 Å². The van der Waals surface area contributed by atoms with Gasteiger partial charge in [0.25, 0.3) is 0 Å². The zero-order valence-corrected chi connectivity index (χ0v) is 13.5. The lowest BCUT2D eigenvalue weighted by molar-refractivity contribution is -0.128. The van der Waals surface area contributed by atoms with E-state index in [2.05, 4.69) is 15.7 Å². The fourth-order valence-electron chi connectivity index (χ4n) is 2.59. The number of benzene rings is 1. The summed E-state index contributed by atoms with van der Waals surface area (Å²) in [5.41, 5.74) is 0.669. The third kappa shape index (κ3) is 3.73. The predicted octanol–water partition coefficient (Wildman–Crippen LogP) is 2.33. The van der Waals surface area contributed by atoms with E-state index in [0.717, 1.165) is 0 Å². The molecule has 24 heavy (non-hydrogen) atoms. The first-order valence-corrected chi connectivity index (χ1v) is 7.96. The number of nitrogens with one attached hydrogen (secondary N) is 2. The molecule has 0 radical (unpaired) electrons. The zero-order chi connectivity index (χ0) is 17.1. The van der Waals surface area contributed by atoms with Gasteiger partial charge in [-0.25, -0.2) is 9.07 Å². The Balaban J connectivity index is 1.69. The van der Waals surface area contributed by atoms with Crippen molar-refractivity contribution in [1.29, 1.82) is 0 Å². The summed E-state index contributed by atoms with van der Waals surface area (Å²) in [5.74, 6) is -0.425. The van der Waals surface area contributed by atoms with Gasteiger partial charge in [0.2, 0.25) is 11.8 Å². The van der Waals surface area contributed by atoms with Crippen LogP contribution in [0.5, 0.6) is 0 Å². The third-order valence-electron chi connectivity index (χ3n) is 3.83. The van der Waals surface area contributed by atoms with E-state index in [1.165, 1.54) is 12.1 Å². The molecule has 0 aliphatic carbocycles. The van der Waals surface area contributed by atoms with Crippen LogP contribution in [-0.4, -0.2) is 27.6 Å². The Hall–Kier alpha value is -2.41. The Morgan fingerprint density at radius 2 is 2.29 bits per heavy atom. The highest BCUT2D eigenvalue weighted by atomic mass is 35.5. The minimum Gasteiger partial charge on any atom is -0.344 e. The molecular formula is C16H16ClFN4O2. The second-order valence-corrected chi connectivity index (χ2v) is 6.03. The first kappa shape index (κ1) is 16.4. The number of aromatic nitrogens is 2. The van der Waals surface area contributed by atoms with E-state index in [0.29, 0.717) is 30.6 Å². The molecule has 0 saturated carbocycles. The topological polar surface area (TPSA) is 76.0 Å². The number of nitrogens with zero attached hydrogens (tertiary/aromatic N) is 2. The molecule has 2 heterocycles. The van der Waals surface area contributed by atoms with Crippen molar-refractivity contribution in [2.75, 3.05) is 5.32 Å². The van der Waals surface area contributed by atoms with E-state index >= 15 is 0 Å². The smallest absolute Gasteiger partial charge is 0.248 e. The molecule has 2 N–H and O–H groups in total. The lowest BCUT2D eigenvalue weighted by Crippen LogP contribution is -2.46. The highest BCUT2D eigenvalue weighted by Gasteiger charge is 2.25. The van der Waals surface area contributed by atoms with Crippen LogP contribution in [0.4, 0.5) is 10.2 Å². The standard InChI is InChI=1S/C16H16ClFN4O2/c17-11-5-4-10(8-12(11)18)9-22-14(6-7-19-22)21-16(24)13-2-1-3-15(23)20-13/h4-8,13H,1-3,9H2,(H,20,23)(H,21,24)/t13-/m1/s1. The molecule has 1 fully saturated rings. The Labute approximate surface area is 143 Å². The molecule has 1 saturated heterocycles. The van der Waals surface area contributed by atoms with Gasteiger partial charge >= 0.3 is 0 Å². The van der Waals surface area contributed by atoms with Gasteiger partial charge in [0.15, 0.2) is 0 Å². The Bertz CT molecular complexity index is 777. The normalized spacial score (nSPS) is 17.4. The van der Waals surface area contributed by atoms with Gasteiger partial charge in [-0.05, 0) is 30.5 Å². The van der Waals surface area contributed by atoms with Crippen LogP contribution in [0, 0.1) is 5.82 Å². The zero-order valence-electron chi connectivity index (χ0n) is 12.8. The molecule has 0 spiro atoms. The summed E-state index contributed by atoms with van der Waals surface area (Å²) in [6.45, 7) is 0.285. The molecule has 2 aromatic rings. The molecule has 2 amide bonds. The third-order valence-corrected chi connectivity index (χ3v) is 4.14. The molecule has 1 aliphatic heterocycles. The van der Waals surface area contributed by atoms with Gasteiger partial charge in [-0.2, -0.15) is 5.10 Å². The highest BCUT2D eigenvalue weighted by Crippen LogP contribution is 2.18. The van der Waals surface area contributed by atoms with Crippen molar-refractivity contribution < 1.29 is 14.0 Å². The molecule has 1 aliphatic rings. The van der Waals surface area contributed by atoms with Gasteiger partial charge in [0, 0.05) is 12.5 Å². The van der Waals surface area contributed by atoms with E-state index in [1.54, 1.807) is 23.0 Å². The fraction of sp³-hybridized carbons (Fsp3) is 0.312. The van der Waals surface area contributed by atoms with Gasteiger partial charge in [-0.15, -0.1) is 0 Å². The van der Waals surface area contributed by atoms with Crippen LogP contribution in [0.1, 0.15) is 24.8 Å². The molecule has 0 bridgehead atoms. The maximum Gasteiger partial charge on any atom is 0.248 e. The molecule has 1 aromatic heterocycles. The van der Waals surface area contributed by atoms with E-state index in [-0.39, 0.29) is 23.4 Å². The summed E-state index contributed by atoms with van der Waals surface area (Å²) in [7, 11) is 0. The summed E-state index contributed by atoms with van der Waals surface area (Å²) < 4.78 is 15.1. The summed E-state index contributed by atoms with van der Waals surface area (Å²) in [4.78, 5) is 23.7. The SMILES string of the molecule is O=C1CCC[C@H](C(=O)Nc2ccnn2Cc2ccc(Cl)c(F)c2)N1. The number of hydrogen-bond donors (Lipinski definition) is 2. The molecule has 126 valence electrons. The van der Waals surface area contributed by atoms with Gasteiger partial charge in [0.1, 0.15) is 17.7 Å². The van der Waals surface area contributed by atoms with Crippen LogP contribution >= 0.6 is 11.6 Å². The molecule has 0 unspecified atom stereocenters. The van der Waals surface area contributed by atoms with Crippen LogP contribution < -0.4 is 10.6 Å². The maximum atomic E-state index is 13.5. The van der Waals surface area contributed by atoms with E-state index in [9.17, 15) is 14.0 Å². The van der Waals surface area contributed by atoms with Crippen LogP contribution in [-0.2, 0) is 16.1 Å². The van der Waals surface area contributed by atoms with Crippen LogP contribution in [0.3, 0.4) is 0 Å². The first-order chi connectivity index (χ1) is 11.5. The van der Waals surface area contributed by atoms with Crippen LogP contribution in [0.15, 0.2) is 30.5 Å². The summed E-state index contributed by atoms with van der Waals surface area (Å²) in [6.07, 6.45) is 3.28. The van der Waals surface area contributed by atoms with Crippen molar-refractivity contribution in [2.45, 2.75) is 31.8 Å². The predicted molar refractivity (Wildman–Crippen MR) is 87.2 cm³/mol. The van der Waals surface area contributed by atoms with Crippen molar-refractivity contribution in [3.63, 3.8) is 0 Å². The lowest BCUT2D eigenvalue weighted by Gasteiger charge is -2.22. The van der Waals surface area contributed by atoms with Crippen molar-refractivity contribution >= 4 is 29.2 Å². The average Bonchev–Trinajstić information content (AvgIpc) is 2.98. The lowest BCUT2D eigenvalue weighted by atomic mass is 10.0. The number of carbonyl (C=O) groups excluding carboxylic acids is 2. The van der Waals surface area contributed by atoms with E-state index < -0.39 is 11.9 Å². The second-order valence-electron chi connectivity index (χ2n) is 5.62. The number of anilines is 1. The molecule has 1 aromatic carbocycles. The second kappa shape index (κ2) is 7.00. The van der Waals surface area contributed by atoms with E-state index in [1.807, 2.05) is 0 Å². The van der Waals surface area contributed by atoms with Gasteiger partial charge in [-0.3, -0.25) is 9.59 Å². The van der Waals surface area contributed by atoms with Gasteiger partial charge < -0.3 is 10.6 Å². The number of piperidine rings is 1. The minimum atomic E-state index is -0.539. The molecule has 3 rings (SSSR count). The highest BCUT2D eigenvalue weighted by molar-refractivity contribution is 6.30. The quantitative estimate of drug-likeness (QED) is 0.888. The number of hydrogen-bond acceptors (Lipinski definition) is 3. The largest absolute Gasteiger partial charge is 0.344 e. The summed E-state index contributed by atoms with van der Waals surface area (Å²) >= 11 is 5.67. The van der Waals surface area contributed by atoms with Crippen molar-refractivity contribution in [3.8, 4) is 0 Å². The molecule has 1 atom stereocenters. The summed E-state index contributed by atoms with van der Waals surface area (Å²) in [5, 5.41) is 9.61. The minimum absolute atomic E-state index is 0.0563. The molecule has 8 heteroatoms. The van der Waals surface area contributed by atoms with Crippen molar-refractivity contribution in [2.24, 2.45) is 0 Å². The Kier molecular flexibility index (Phi) is 4.80. The number of halogens is 2. The Morgan fingerprint density at radius 1 is 1.46 bits per heavy atom. The number of carbonyl (C=O) groups is 2. The Morgan fingerprint density at radius 3 is 3.04 bits per heavy atom. The number of rotatable bonds is 4. The maximum absolute atomic E-state index is 13.5. The average molecular weight is 351 g/mol. The number of amides is 2. The van der Waals surface area contributed by atoms with Crippen molar-refractivity contribution in [1.82, 2.24) is 15.1 Å². The molecule has 6 nitrogen and oxygen atoms in total. The molecular weight excluding hydrogens is 335 g/mol. The van der Waals surface area contributed by atoms with Crippen LogP contribution in [0.2, 0.25) is 5.02 Å². The first-order valence-electron chi connectivity index (χ1n) is 7.59. The monoisotopic (exact) mass is 350 g/mol. The van der Waals surface area contributed by atoms with Crippen molar-refractivity contribution in [3.05, 3.63) is 46.9 Å². The fourth-order valence-corrected chi connectivity index (χ4v) is 2.71. The van der Waals surface area contributed by atoms with Gasteiger partial charge in [0.05, 0.1) is 17.8 Å². The van der Waals surface area contributed by atoms with E-state index in [4.69, 9.17) is 11.6 Å². The van der Waals surface area contributed by atoms with Crippen LogP contribution in [0.25, 0.3) is 0 Å². The summed E-state index contributed by atoms with van der Waals surface area (Å²) in [6, 6.07) is 5.61.